The molecule has 0 aromatic heterocycles. The summed E-state index contributed by atoms with van der Waals surface area (Å²) in [7, 11) is 1.50. The van der Waals surface area contributed by atoms with Crippen LogP contribution in [0.4, 0.5) is 11.4 Å². The maximum atomic E-state index is 12.7. The van der Waals surface area contributed by atoms with Crippen molar-refractivity contribution in [3.05, 3.63) is 64.2 Å². The van der Waals surface area contributed by atoms with Crippen LogP contribution in [-0.2, 0) is 4.79 Å². The molecule has 0 saturated carbocycles. The number of carbonyl (C=O) groups excluding carboxylic acids is 2. The minimum absolute atomic E-state index is 0.169. The Bertz CT molecular complexity index is 838. The van der Waals surface area contributed by atoms with E-state index in [0.29, 0.717) is 24.4 Å². The number of nitro groups is 1. The molecule has 2 amide bonds. The zero-order valence-electron chi connectivity index (χ0n) is 15.2. The molecule has 0 bridgehead atoms. The van der Waals surface area contributed by atoms with Gasteiger partial charge in [0.05, 0.1) is 17.7 Å². The lowest BCUT2D eigenvalue weighted by Crippen LogP contribution is -2.38. The normalized spacial score (nSPS) is 10.1. The molecule has 0 atom stereocenters. The van der Waals surface area contributed by atoms with E-state index in [2.05, 4.69) is 5.32 Å². The second kappa shape index (κ2) is 9.33. The number of hydrogen-bond donors (Lipinski definition) is 1. The maximum Gasteiger partial charge on any atom is 0.270 e. The number of carbonyl (C=O) groups is 2. The smallest absolute Gasteiger partial charge is 0.270 e. The molecule has 8 heteroatoms. The van der Waals surface area contributed by atoms with Crippen molar-refractivity contribution in [2.45, 2.75) is 13.3 Å². The Kier molecular flexibility index (Phi) is 6.87. The molecule has 1 N–H and O–H groups in total. The van der Waals surface area contributed by atoms with Crippen LogP contribution in [0.3, 0.4) is 0 Å². The number of benzene rings is 2. The third-order valence-electron chi connectivity index (χ3n) is 3.80. The average Bonchev–Trinajstić information content (AvgIpc) is 2.67. The molecule has 0 aliphatic carbocycles. The molecule has 0 radical (unpaired) electrons. The number of amides is 2. The van der Waals surface area contributed by atoms with Crippen molar-refractivity contribution >= 4 is 23.2 Å². The molecule has 0 fully saturated rings. The summed E-state index contributed by atoms with van der Waals surface area (Å²) >= 11 is 0. The Morgan fingerprint density at radius 3 is 2.59 bits per heavy atom. The summed E-state index contributed by atoms with van der Waals surface area (Å²) in [6.07, 6.45) is 0.641. The molecule has 27 heavy (non-hydrogen) atoms. The van der Waals surface area contributed by atoms with Crippen LogP contribution in [0.25, 0.3) is 0 Å². The summed E-state index contributed by atoms with van der Waals surface area (Å²) in [6, 6.07) is 12.4. The molecule has 8 nitrogen and oxygen atoms in total. The van der Waals surface area contributed by atoms with Gasteiger partial charge in [0.25, 0.3) is 11.6 Å². The SMILES string of the molecule is CCCN(CC(=O)Nc1ccccc1OC)C(=O)c1cccc([N+](=O)[O-])c1. The Balaban J connectivity index is 2.14. The molecule has 0 aliphatic rings. The van der Waals surface area contributed by atoms with Crippen molar-refractivity contribution in [3.8, 4) is 5.75 Å². The van der Waals surface area contributed by atoms with E-state index in [9.17, 15) is 19.7 Å². The van der Waals surface area contributed by atoms with Crippen molar-refractivity contribution in [1.29, 1.82) is 0 Å². The summed E-state index contributed by atoms with van der Waals surface area (Å²) < 4.78 is 5.19. The first-order valence-electron chi connectivity index (χ1n) is 8.42. The Morgan fingerprint density at radius 2 is 1.93 bits per heavy atom. The largest absolute Gasteiger partial charge is 0.495 e. The fraction of sp³-hybridized carbons (Fsp3) is 0.263. The summed E-state index contributed by atoms with van der Waals surface area (Å²) in [5.74, 6) is -0.305. The van der Waals surface area contributed by atoms with Crippen LogP contribution in [0.5, 0.6) is 5.75 Å². The molecular formula is C19H21N3O5. The molecule has 2 aromatic carbocycles. The van der Waals surface area contributed by atoms with Crippen LogP contribution in [-0.4, -0.2) is 41.8 Å². The first-order valence-corrected chi connectivity index (χ1v) is 8.42. The van der Waals surface area contributed by atoms with Gasteiger partial charge in [-0.3, -0.25) is 19.7 Å². The zero-order chi connectivity index (χ0) is 19.8. The molecule has 0 heterocycles. The molecule has 2 aromatic rings. The van der Waals surface area contributed by atoms with E-state index >= 15 is 0 Å². The minimum Gasteiger partial charge on any atom is -0.495 e. The van der Waals surface area contributed by atoms with E-state index in [1.807, 2.05) is 6.92 Å². The fourth-order valence-electron chi connectivity index (χ4n) is 2.57. The number of para-hydroxylation sites is 2. The standard InChI is InChI=1S/C19H21N3O5/c1-3-11-21(19(24)14-7-6-8-15(12-14)22(25)26)13-18(23)20-16-9-4-5-10-17(16)27-2/h4-10,12H,3,11,13H2,1-2H3,(H,20,23). The molecule has 0 saturated heterocycles. The first kappa shape index (κ1) is 19.9. The van der Waals surface area contributed by atoms with Gasteiger partial charge in [0.1, 0.15) is 12.3 Å². The van der Waals surface area contributed by atoms with E-state index in [4.69, 9.17) is 4.74 Å². The summed E-state index contributed by atoms with van der Waals surface area (Å²) in [5, 5.41) is 13.6. The van der Waals surface area contributed by atoms with Gasteiger partial charge in [-0.25, -0.2) is 0 Å². The quantitative estimate of drug-likeness (QED) is 0.567. The second-order valence-corrected chi connectivity index (χ2v) is 5.78. The molecule has 0 spiro atoms. The molecule has 142 valence electrons. The first-order chi connectivity index (χ1) is 13.0. The van der Waals surface area contributed by atoms with Gasteiger partial charge in [-0.1, -0.05) is 25.1 Å². The van der Waals surface area contributed by atoms with Crippen LogP contribution in [0, 0.1) is 10.1 Å². The predicted octanol–water partition coefficient (Wildman–Crippen LogP) is 3.09. The highest BCUT2D eigenvalue weighted by molar-refractivity contribution is 6.00. The molecular weight excluding hydrogens is 350 g/mol. The van der Waals surface area contributed by atoms with Crippen molar-refractivity contribution in [2.24, 2.45) is 0 Å². The summed E-state index contributed by atoms with van der Waals surface area (Å²) in [6.45, 7) is 2.06. The summed E-state index contributed by atoms with van der Waals surface area (Å²) in [4.78, 5) is 36.8. The monoisotopic (exact) mass is 371 g/mol. The van der Waals surface area contributed by atoms with Gasteiger partial charge in [-0.15, -0.1) is 0 Å². The lowest BCUT2D eigenvalue weighted by atomic mass is 10.1. The average molecular weight is 371 g/mol. The number of rotatable bonds is 8. The molecule has 0 unspecified atom stereocenters. The van der Waals surface area contributed by atoms with Crippen LogP contribution in [0.1, 0.15) is 23.7 Å². The van der Waals surface area contributed by atoms with Gasteiger partial charge in [0.2, 0.25) is 5.91 Å². The lowest BCUT2D eigenvalue weighted by Gasteiger charge is -2.22. The number of nitrogens with one attached hydrogen (secondary N) is 1. The Morgan fingerprint density at radius 1 is 1.19 bits per heavy atom. The minimum atomic E-state index is -0.560. The number of anilines is 1. The highest BCUT2D eigenvalue weighted by Gasteiger charge is 2.20. The Labute approximate surface area is 156 Å². The van der Waals surface area contributed by atoms with Gasteiger partial charge in [0.15, 0.2) is 0 Å². The maximum absolute atomic E-state index is 12.7. The van der Waals surface area contributed by atoms with Crippen LogP contribution < -0.4 is 10.1 Å². The van der Waals surface area contributed by atoms with E-state index in [0.717, 1.165) is 0 Å². The second-order valence-electron chi connectivity index (χ2n) is 5.78. The molecule has 2 rings (SSSR count). The van der Waals surface area contributed by atoms with Crippen molar-refractivity contribution in [1.82, 2.24) is 4.90 Å². The summed E-state index contributed by atoms with van der Waals surface area (Å²) in [5.41, 5.74) is 0.503. The van der Waals surface area contributed by atoms with Crippen LogP contribution in [0.15, 0.2) is 48.5 Å². The van der Waals surface area contributed by atoms with E-state index < -0.39 is 10.8 Å². The number of nitro benzene ring substituents is 1. The van der Waals surface area contributed by atoms with Gasteiger partial charge in [0, 0.05) is 24.2 Å². The topological polar surface area (TPSA) is 102 Å². The van der Waals surface area contributed by atoms with Gasteiger partial charge in [-0.2, -0.15) is 0 Å². The van der Waals surface area contributed by atoms with Crippen LogP contribution >= 0.6 is 0 Å². The zero-order valence-corrected chi connectivity index (χ0v) is 15.2. The number of hydrogen-bond acceptors (Lipinski definition) is 5. The van der Waals surface area contributed by atoms with Gasteiger partial charge in [-0.05, 0) is 24.6 Å². The third kappa shape index (κ3) is 5.27. The van der Waals surface area contributed by atoms with Gasteiger partial charge >= 0.3 is 0 Å². The van der Waals surface area contributed by atoms with Crippen molar-refractivity contribution in [2.75, 3.05) is 25.5 Å². The fourth-order valence-corrected chi connectivity index (χ4v) is 2.57. The Hall–Kier alpha value is -3.42. The third-order valence-corrected chi connectivity index (χ3v) is 3.80. The van der Waals surface area contributed by atoms with Crippen LogP contribution in [0.2, 0.25) is 0 Å². The van der Waals surface area contributed by atoms with E-state index in [1.54, 1.807) is 24.3 Å². The van der Waals surface area contributed by atoms with Gasteiger partial charge < -0.3 is 15.0 Å². The lowest BCUT2D eigenvalue weighted by molar-refractivity contribution is -0.384. The van der Waals surface area contributed by atoms with Crippen molar-refractivity contribution in [3.63, 3.8) is 0 Å². The predicted molar refractivity (Wildman–Crippen MR) is 101 cm³/mol. The number of ether oxygens (including phenoxy) is 1. The van der Waals surface area contributed by atoms with E-state index in [1.165, 1.54) is 36.3 Å². The highest BCUT2D eigenvalue weighted by Crippen LogP contribution is 2.23. The number of methoxy groups -OCH3 is 1. The molecule has 0 aliphatic heterocycles. The highest BCUT2D eigenvalue weighted by atomic mass is 16.6. The van der Waals surface area contributed by atoms with E-state index in [-0.39, 0.29) is 23.7 Å². The number of non-ortho nitro benzene ring substituents is 1. The number of nitrogens with zero attached hydrogens (tertiary/aromatic N) is 2. The van der Waals surface area contributed by atoms with Crippen molar-refractivity contribution < 1.29 is 19.2 Å².